The highest BCUT2D eigenvalue weighted by Gasteiger charge is 2.17. The number of rotatable bonds is 6. The van der Waals surface area contributed by atoms with Crippen molar-refractivity contribution in [3.05, 3.63) is 65.5 Å². The molecular weight excluding hydrogens is 375 g/mol. The molecule has 0 atom stereocenters. The lowest BCUT2D eigenvalue weighted by molar-refractivity contribution is -0.113. The van der Waals surface area contributed by atoms with Gasteiger partial charge in [0.25, 0.3) is 5.91 Å². The van der Waals surface area contributed by atoms with E-state index >= 15 is 0 Å². The Morgan fingerprint density at radius 1 is 0.929 bits per heavy atom. The Labute approximate surface area is 169 Å². The molecule has 0 unspecified atom stereocenters. The van der Waals surface area contributed by atoms with Crippen LogP contribution in [-0.2, 0) is 10.5 Å². The van der Waals surface area contributed by atoms with Crippen LogP contribution >= 0.6 is 11.8 Å². The maximum Gasteiger partial charge on any atom is 0.253 e. The molecule has 1 aliphatic heterocycles. The quantitative estimate of drug-likeness (QED) is 0.764. The Kier molecular flexibility index (Phi) is 7.48. The van der Waals surface area contributed by atoms with Gasteiger partial charge in [0, 0.05) is 30.1 Å². The molecule has 1 saturated heterocycles. The first-order valence-corrected chi connectivity index (χ1v) is 10.8. The SMILES string of the molecule is O=C(CSCc1ccc(C(=O)N2CCCCCC2)cc1)Nc1ccc(F)cc1. The van der Waals surface area contributed by atoms with Crippen molar-refractivity contribution in [2.24, 2.45) is 0 Å². The first kappa shape index (κ1) is 20.4. The highest BCUT2D eigenvalue weighted by molar-refractivity contribution is 7.99. The molecule has 0 aliphatic carbocycles. The zero-order chi connectivity index (χ0) is 19.8. The van der Waals surface area contributed by atoms with E-state index in [9.17, 15) is 14.0 Å². The number of nitrogens with zero attached hydrogens (tertiary/aromatic N) is 1. The van der Waals surface area contributed by atoms with E-state index in [0.29, 0.717) is 17.2 Å². The molecule has 0 bridgehead atoms. The topological polar surface area (TPSA) is 49.4 Å². The van der Waals surface area contributed by atoms with E-state index in [1.165, 1.54) is 48.9 Å². The molecule has 0 spiro atoms. The minimum Gasteiger partial charge on any atom is -0.339 e. The first-order chi connectivity index (χ1) is 13.6. The lowest BCUT2D eigenvalue weighted by Gasteiger charge is -2.20. The van der Waals surface area contributed by atoms with E-state index in [0.717, 1.165) is 37.1 Å². The van der Waals surface area contributed by atoms with Crippen LogP contribution in [0.1, 0.15) is 41.6 Å². The molecule has 0 saturated carbocycles. The van der Waals surface area contributed by atoms with E-state index in [4.69, 9.17) is 0 Å². The monoisotopic (exact) mass is 400 g/mol. The molecule has 28 heavy (non-hydrogen) atoms. The summed E-state index contributed by atoms with van der Waals surface area (Å²) in [5.41, 5.74) is 2.39. The minimum atomic E-state index is -0.329. The van der Waals surface area contributed by atoms with Crippen LogP contribution in [-0.4, -0.2) is 35.6 Å². The van der Waals surface area contributed by atoms with Gasteiger partial charge in [0.15, 0.2) is 0 Å². The molecule has 0 radical (unpaired) electrons. The largest absolute Gasteiger partial charge is 0.339 e. The standard InChI is InChI=1S/C22H25FN2O2S/c23-19-9-11-20(12-10-19)24-21(26)16-28-15-17-5-7-18(8-6-17)22(27)25-13-3-1-2-4-14-25/h5-12H,1-4,13-16H2,(H,24,26). The van der Waals surface area contributed by atoms with Crippen molar-refractivity contribution < 1.29 is 14.0 Å². The van der Waals surface area contributed by atoms with Crippen molar-refractivity contribution in [3.8, 4) is 0 Å². The van der Waals surface area contributed by atoms with Gasteiger partial charge in [-0.25, -0.2) is 4.39 Å². The number of thioether (sulfide) groups is 1. The second-order valence-electron chi connectivity index (χ2n) is 6.95. The molecule has 1 fully saturated rings. The van der Waals surface area contributed by atoms with Gasteiger partial charge in [-0.15, -0.1) is 11.8 Å². The summed E-state index contributed by atoms with van der Waals surface area (Å²) < 4.78 is 12.9. The number of halogens is 1. The van der Waals surface area contributed by atoms with Crippen LogP contribution in [0.2, 0.25) is 0 Å². The number of hydrogen-bond acceptors (Lipinski definition) is 3. The molecule has 1 heterocycles. The Morgan fingerprint density at radius 3 is 2.21 bits per heavy atom. The van der Waals surface area contributed by atoms with Gasteiger partial charge in [-0.1, -0.05) is 25.0 Å². The third-order valence-corrected chi connectivity index (χ3v) is 5.73. The fourth-order valence-electron chi connectivity index (χ4n) is 3.19. The fourth-order valence-corrected chi connectivity index (χ4v) is 3.98. The van der Waals surface area contributed by atoms with Crippen LogP contribution in [0.5, 0.6) is 0 Å². The maximum absolute atomic E-state index is 12.9. The van der Waals surface area contributed by atoms with Crippen LogP contribution in [0, 0.1) is 5.82 Å². The lowest BCUT2D eigenvalue weighted by atomic mass is 10.1. The van der Waals surface area contributed by atoms with Crippen LogP contribution in [0.15, 0.2) is 48.5 Å². The third kappa shape index (κ3) is 6.09. The Hall–Kier alpha value is -2.34. The van der Waals surface area contributed by atoms with Crippen LogP contribution in [0.3, 0.4) is 0 Å². The summed E-state index contributed by atoms with van der Waals surface area (Å²) in [7, 11) is 0. The molecule has 2 amide bonds. The number of anilines is 1. The zero-order valence-corrected chi connectivity index (χ0v) is 16.6. The molecule has 1 N–H and O–H groups in total. The van der Waals surface area contributed by atoms with Gasteiger partial charge in [0.2, 0.25) is 5.91 Å². The van der Waals surface area contributed by atoms with Gasteiger partial charge in [-0.3, -0.25) is 9.59 Å². The van der Waals surface area contributed by atoms with Crippen molar-refractivity contribution >= 4 is 29.3 Å². The Bertz CT molecular complexity index is 785. The smallest absolute Gasteiger partial charge is 0.253 e. The highest BCUT2D eigenvalue weighted by atomic mass is 32.2. The van der Waals surface area contributed by atoms with Crippen molar-refractivity contribution in [3.63, 3.8) is 0 Å². The number of likely N-dealkylation sites (tertiary alicyclic amines) is 1. The number of nitrogens with one attached hydrogen (secondary N) is 1. The second kappa shape index (κ2) is 10.3. The molecule has 0 aromatic heterocycles. The molecule has 4 nitrogen and oxygen atoms in total. The van der Waals surface area contributed by atoms with Crippen molar-refractivity contribution in [1.29, 1.82) is 0 Å². The molecule has 6 heteroatoms. The molecule has 2 aromatic carbocycles. The summed E-state index contributed by atoms with van der Waals surface area (Å²) in [6.45, 7) is 1.69. The van der Waals surface area contributed by atoms with Gasteiger partial charge < -0.3 is 10.2 Å². The summed E-state index contributed by atoms with van der Waals surface area (Å²) in [5, 5.41) is 2.74. The van der Waals surface area contributed by atoms with Crippen LogP contribution in [0.4, 0.5) is 10.1 Å². The number of hydrogen-bond donors (Lipinski definition) is 1. The Morgan fingerprint density at radius 2 is 1.57 bits per heavy atom. The van der Waals surface area contributed by atoms with Gasteiger partial charge >= 0.3 is 0 Å². The van der Waals surface area contributed by atoms with Gasteiger partial charge in [-0.2, -0.15) is 0 Å². The zero-order valence-electron chi connectivity index (χ0n) is 15.8. The molecule has 3 rings (SSSR count). The molecular formula is C22H25FN2O2S. The summed E-state index contributed by atoms with van der Waals surface area (Å²) in [6, 6.07) is 13.4. The average Bonchev–Trinajstić information content (AvgIpc) is 2.99. The number of carbonyl (C=O) groups excluding carboxylic acids is 2. The summed E-state index contributed by atoms with van der Waals surface area (Å²) >= 11 is 1.50. The highest BCUT2D eigenvalue weighted by Crippen LogP contribution is 2.17. The molecule has 1 aliphatic rings. The van der Waals surface area contributed by atoms with Crippen molar-refractivity contribution in [2.75, 3.05) is 24.2 Å². The third-order valence-electron chi connectivity index (χ3n) is 4.72. The summed E-state index contributed by atoms with van der Waals surface area (Å²) in [5.74, 6) is 0.662. The maximum atomic E-state index is 12.9. The summed E-state index contributed by atoms with van der Waals surface area (Å²) in [6.07, 6.45) is 4.57. The normalized spacial score (nSPS) is 14.4. The van der Waals surface area contributed by atoms with Crippen molar-refractivity contribution in [2.45, 2.75) is 31.4 Å². The second-order valence-corrected chi connectivity index (χ2v) is 7.94. The number of amides is 2. The van der Waals surface area contributed by atoms with E-state index in [2.05, 4.69) is 5.32 Å². The van der Waals surface area contributed by atoms with Gasteiger partial charge in [0.05, 0.1) is 5.75 Å². The van der Waals surface area contributed by atoms with Crippen LogP contribution in [0.25, 0.3) is 0 Å². The first-order valence-electron chi connectivity index (χ1n) is 9.63. The molecule has 148 valence electrons. The minimum absolute atomic E-state index is 0.111. The summed E-state index contributed by atoms with van der Waals surface area (Å²) in [4.78, 5) is 26.5. The fraction of sp³-hybridized carbons (Fsp3) is 0.364. The van der Waals surface area contributed by atoms with E-state index in [1.807, 2.05) is 29.2 Å². The van der Waals surface area contributed by atoms with E-state index in [-0.39, 0.29) is 17.6 Å². The van der Waals surface area contributed by atoms with Crippen LogP contribution < -0.4 is 5.32 Å². The Balaban J connectivity index is 1.44. The van der Waals surface area contributed by atoms with E-state index in [1.54, 1.807) is 0 Å². The number of benzene rings is 2. The van der Waals surface area contributed by atoms with Crippen molar-refractivity contribution in [1.82, 2.24) is 4.90 Å². The lowest BCUT2D eigenvalue weighted by Crippen LogP contribution is -2.31. The predicted molar refractivity (Wildman–Crippen MR) is 112 cm³/mol. The average molecular weight is 401 g/mol. The predicted octanol–water partition coefficient (Wildman–Crippen LogP) is 4.71. The van der Waals surface area contributed by atoms with Gasteiger partial charge in [-0.05, 0) is 54.8 Å². The number of carbonyl (C=O) groups is 2. The molecule has 2 aromatic rings. The van der Waals surface area contributed by atoms with E-state index < -0.39 is 0 Å². The van der Waals surface area contributed by atoms with Gasteiger partial charge in [0.1, 0.15) is 5.82 Å².